The van der Waals surface area contributed by atoms with Crippen molar-refractivity contribution in [3.63, 3.8) is 0 Å². The van der Waals surface area contributed by atoms with Crippen molar-refractivity contribution in [3.8, 4) is 11.5 Å². The quantitative estimate of drug-likeness (QED) is 0.768. The third-order valence-electron chi connectivity index (χ3n) is 3.15. The van der Waals surface area contributed by atoms with Crippen molar-refractivity contribution in [1.29, 1.82) is 0 Å². The molecule has 1 saturated heterocycles. The van der Waals surface area contributed by atoms with Crippen molar-refractivity contribution >= 4 is 0 Å². The second-order valence-electron chi connectivity index (χ2n) is 4.67. The molecule has 1 heterocycles. The number of phenols is 2. The Morgan fingerprint density at radius 3 is 2.31 bits per heavy atom. The van der Waals surface area contributed by atoms with Crippen LogP contribution in [-0.2, 0) is 4.74 Å². The lowest BCUT2D eigenvalue weighted by atomic mass is 9.86. The molecule has 0 aliphatic carbocycles. The Morgan fingerprint density at radius 2 is 1.75 bits per heavy atom. The Morgan fingerprint density at radius 1 is 1.12 bits per heavy atom. The molecule has 1 aliphatic heterocycles. The second-order valence-corrected chi connectivity index (χ2v) is 4.67. The van der Waals surface area contributed by atoms with E-state index in [-0.39, 0.29) is 23.7 Å². The highest BCUT2D eigenvalue weighted by Crippen LogP contribution is 2.38. The minimum Gasteiger partial charge on any atom is -0.508 e. The molecule has 0 spiro atoms. The molecule has 1 aromatic carbocycles. The molecule has 16 heavy (non-hydrogen) atoms. The van der Waals surface area contributed by atoms with E-state index >= 15 is 0 Å². The summed E-state index contributed by atoms with van der Waals surface area (Å²) in [4.78, 5) is 0. The van der Waals surface area contributed by atoms with Gasteiger partial charge in [-0.1, -0.05) is 6.07 Å². The van der Waals surface area contributed by atoms with Crippen LogP contribution in [0.3, 0.4) is 0 Å². The molecule has 2 N–H and O–H groups in total. The zero-order valence-electron chi connectivity index (χ0n) is 9.68. The van der Waals surface area contributed by atoms with E-state index < -0.39 is 0 Å². The Kier molecular flexibility index (Phi) is 3.06. The van der Waals surface area contributed by atoms with Gasteiger partial charge in [0.2, 0.25) is 0 Å². The number of ether oxygens (including phenoxy) is 1. The maximum absolute atomic E-state index is 9.82. The first-order valence-electron chi connectivity index (χ1n) is 5.73. The average Bonchev–Trinajstić information content (AvgIpc) is 2.15. The van der Waals surface area contributed by atoms with Crippen molar-refractivity contribution in [2.24, 2.45) is 0 Å². The Labute approximate surface area is 95.7 Å². The summed E-state index contributed by atoms with van der Waals surface area (Å²) in [6.45, 7) is 4.11. The maximum Gasteiger partial charge on any atom is 0.122 e. The molecule has 3 nitrogen and oxygen atoms in total. The minimum absolute atomic E-state index is 0.106. The van der Waals surface area contributed by atoms with E-state index in [1.165, 1.54) is 6.07 Å². The average molecular weight is 222 g/mol. The highest BCUT2D eigenvalue weighted by atomic mass is 16.5. The van der Waals surface area contributed by atoms with Gasteiger partial charge in [-0.3, -0.25) is 0 Å². The van der Waals surface area contributed by atoms with Crippen LogP contribution in [0, 0.1) is 0 Å². The van der Waals surface area contributed by atoms with Crippen LogP contribution < -0.4 is 0 Å². The van der Waals surface area contributed by atoms with Crippen LogP contribution >= 0.6 is 0 Å². The van der Waals surface area contributed by atoms with E-state index in [2.05, 4.69) is 13.8 Å². The predicted octanol–water partition coefficient (Wildman–Crippen LogP) is 2.77. The summed E-state index contributed by atoms with van der Waals surface area (Å²) in [6.07, 6.45) is 2.29. The summed E-state index contributed by atoms with van der Waals surface area (Å²) < 4.78 is 5.67. The molecule has 88 valence electrons. The molecule has 3 heteroatoms. The van der Waals surface area contributed by atoms with E-state index in [4.69, 9.17) is 4.74 Å². The molecule has 1 fully saturated rings. The second kappa shape index (κ2) is 4.34. The fourth-order valence-corrected chi connectivity index (χ4v) is 2.54. The standard InChI is InChI=1S/C13H18O3/c1-8-5-10(6-9(2)16-8)12-4-3-11(14)7-13(12)15/h3-4,7-10,14-15H,5-6H2,1-2H3/t8-,9+,10?. The van der Waals surface area contributed by atoms with Gasteiger partial charge in [0.05, 0.1) is 12.2 Å². The summed E-state index contributed by atoms with van der Waals surface area (Å²) in [5, 5.41) is 19.1. The first-order valence-corrected chi connectivity index (χ1v) is 5.73. The highest BCUT2D eigenvalue weighted by molar-refractivity contribution is 5.41. The maximum atomic E-state index is 9.82. The largest absolute Gasteiger partial charge is 0.508 e. The monoisotopic (exact) mass is 222 g/mol. The van der Waals surface area contributed by atoms with Gasteiger partial charge in [0.15, 0.2) is 0 Å². The molecule has 1 aromatic rings. The molecule has 3 atom stereocenters. The molecule has 0 aromatic heterocycles. The van der Waals surface area contributed by atoms with Crippen LogP contribution in [-0.4, -0.2) is 22.4 Å². The van der Waals surface area contributed by atoms with Gasteiger partial charge in [-0.2, -0.15) is 0 Å². The summed E-state index contributed by atoms with van der Waals surface area (Å²) in [5.74, 6) is 0.611. The first kappa shape index (κ1) is 11.3. The number of rotatable bonds is 1. The van der Waals surface area contributed by atoms with Crippen LogP contribution in [0.15, 0.2) is 18.2 Å². The van der Waals surface area contributed by atoms with E-state index in [0.717, 1.165) is 18.4 Å². The molecule has 0 amide bonds. The third-order valence-corrected chi connectivity index (χ3v) is 3.15. The van der Waals surface area contributed by atoms with Crippen molar-refractivity contribution in [1.82, 2.24) is 0 Å². The van der Waals surface area contributed by atoms with Gasteiger partial charge in [-0.05, 0) is 44.2 Å². The lowest BCUT2D eigenvalue weighted by molar-refractivity contribution is -0.0382. The molecule has 1 aliphatic rings. The van der Waals surface area contributed by atoms with E-state index in [0.29, 0.717) is 5.92 Å². The van der Waals surface area contributed by atoms with Crippen molar-refractivity contribution in [2.75, 3.05) is 0 Å². The van der Waals surface area contributed by atoms with Crippen LogP contribution in [0.25, 0.3) is 0 Å². The van der Waals surface area contributed by atoms with Crippen LogP contribution in [0.1, 0.15) is 38.2 Å². The van der Waals surface area contributed by atoms with Gasteiger partial charge in [0, 0.05) is 6.07 Å². The number of benzene rings is 1. The zero-order chi connectivity index (χ0) is 11.7. The number of hydrogen-bond acceptors (Lipinski definition) is 3. The Hall–Kier alpha value is -1.22. The van der Waals surface area contributed by atoms with Gasteiger partial charge < -0.3 is 14.9 Å². The predicted molar refractivity (Wildman–Crippen MR) is 61.8 cm³/mol. The molecule has 2 rings (SSSR count). The van der Waals surface area contributed by atoms with Gasteiger partial charge in [0.1, 0.15) is 11.5 Å². The van der Waals surface area contributed by atoms with Gasteiger partial charge in [-0.25, -0.2) is 0 Å². The van der Waals surface area contributed by atoms with Crippen molar-refractivity contribution in [2.45, 2.75) is 44.8 Å². The van der Waals surface area contributed by atoms with Gasteiger partial charge in [-0.15, -0.1) is 0 Å². The minimum atomic E-state index is 0.106. The Balaban J connectivity index is 2.23. The molecule has 0 bridgehead atoms. The summed E-state index contributed by atoms with van der Waals surface area (Å²) in [7, 11) is 0. The van der Waals surface area contributed by atoms with Crippen molar-refractivity contribution < 1.29 is 14.9 Å². The normalized spacial score (nSPS) is 30.2. The fraction of sp³-hybridized carbons (Fsp3) is 0.538. The lowest BCUT2D eigenvalue weighted by Gasteiger charge is -2.32. The lowest BCUT2D eigenvalue weighted by Crippen LogP contribution is -2.28. The SMILES string of the molecule is C[C@@H]1CC(c2ccc(O)cc2O)C[C@H](C)O1. The molecular formula is C13H18O3. The summed E-state index contributed by atoms with van der Waals surface area (Å²) >= 11 is 0. The topological polar surface area (TPSA) is 49.7 Å². The highest BCUT2D eigenvalue weighted by Gasteiger charge is 2.27. The zero-order valence-corrected chi connectivity index (χ0v) is 9.68. The van der Waals surface area contributed by atoms with E-state index in [1.54, 1.807) is 12.1 Å². The fourth-order valence-electron chi connectivity index (χ4n) is 2.54. The van der Waals surface area contributed by atoms with Crippen LogP contribution in [0.4, 0.5) is 0 Å². The van der Waals surface area contributed by atoms with Crippen LogP contribution in [0.5, 0.6) is 11.5 Å². The smallest absolute Gasteiger partial charge is 0.122 e. The summed E-state index contributed by atoms with van der Waals surface area (Å²) in [6, 6.07) is 4.83. The van der Waals surface area contributed by atoms with Gasteiger partial charge in [0.25, 0.3) is 0 Å². The van der Waals surface area contributed by atoms with Crippen LogP contribution in [0.2, 0.25) is 0 Å². The molecule has 1 unspecified atom stereocenters. The van der Waals surface area contributed by atoms with E-state index in [9.17, 15) is 10.2 Å². The van der Waals surface area contributed by atoms with Gasteiger partial charge >= 0.3 is 0 Å². The molecule has 0 saturated carbocycles. The number of hydrogen-bond donors (Lipinski definition) is 2. The summed E-state index contributed by atoms with van der Waals surface area (Å²) in [5.41, 5.74) is 0.916. The van der Waals surface area contributed by atoms with E-state index in [1.807, 2.05) is 0 Å². The number of aromatic hydroxyl groups is 2. The number of phenolic OH excluding ortho intramolecular Hbond substituents is 2. The first-order chi connectivity index (χ1) is 7.56. The third kappa shape index (κ3) is 2.30. The molecule has 0 radical (unpaired) electrons. The molecular weight excluding hydrogens is 204 g/mol. The Bertz CT molecular complexity index is 365. The van der Waals surface area contributed by atoms with Crippen molar-refractivity contribution in [3.05, 3.63) is 23.8 Å².